The highest BCUT2D eigenvalue weighted by atomic mass is 32.2. The molecule has 1 N–H and O–H groups in total. The molecule has 4 nitrogen and oxygen atoms in total. The van der Waals surface area contributed by atoms with Gasteiger partial charge in [-0.25, -0.2) is 0 Å². The van der Waals surface area contributed by atoms with Crippen molar-refractivity contribution in [1.82, 2.24) is 0 Å². The average molecular weight is 614 g/mol. The molecule has 0 unspecified atom stereocenters. The van der Waals surface area contributed by atoms with Crippen LogP contribution in [0.5, 0.6) is 5.75 Å². The van der Waals surface area contributed by atoms with E-state index in [4.69, 9.17) is 14.9 Å². The monoisotopic (exact) mass is 613 g/mol. The lowest BCUT2D eigenvalue weighted by Crippen LogP contribution is -2.18. The summed E-state index contributed by atoms with van der Waals surface area (Å²) < 4.78 is 50.7. The lowest BCUT2D eigenvalue weighted by atomic mass is 9.88. The number of carbonyl (C=O) groups is 1. The number of Topliss-reactive ketones (excluding diaryl/α,β-unsaturated/α-hetero) is 1. The Balaban J connectivity index is 2.27. The van der Waals surface area contributed by atoms with Gasteiger partial charge < -0.3 is 14.9 Å². The molecular formula is C35H42F3NO3S. The summed E-state index contributed by atoms with van der Waals surface area (Å²) in [6.07, 6.45) is 3.75. The molecule has 1 aliphatic heterocycles. The summed E-state index contributed by atoms with van der Waals surface area (Å²) in [5.41, 5.74) is 2.12. The largest absolute Gasteiger partial charge is 0.491 e. The molecule has 1 aromatic rings. The van der Waals surface area contributed by atoms with E-state index < -0.39 is 17.5 Å². The number of hydrogen-bond donors (Lipinski definition) is 1. The van der Waals surface area contributed by atoms with Crippen LogP contribution in [0.2, 0.25) is 0 Å². The molecule has 43 heavy (non-hydrogen) atoms. The van der Waals surface area contributed by atoms with Gasteiger partial charge in [-0.3, -0.25) is 4.79 Å². The Morgan fingerprint density at radius 2 is 1.84 bits per heavy atom. The fourth-order valence-electron chi connectivity index (χ4n) is 4.39. The quantitative estimate of drug-likeness (QED) is 0.114. The average Bonchev–Trinajstić information content (AvgIpc) is 3.46. The van der Waals surface area contributed by atoms with Crippen LogP contribution >= 0.6 is 11.8 Å². The topological polar surface area (TPSA) is 59.4 Å². The molecular weight excluding hydrogens is 571 g/mol. The minimum absolute atomic E-state index is 0.0109. The molecule has 1 aliphatic rings. The normalized spacial score (nSPS) is 16.9. The molecule has 0 saturated carbocycles. The van der Waals surface area contributed by atoms with Crippen molar-refractivity contribution in [1.29, 1.82) is 5.41 Å². The van der Waals surface area contributed by atoms with Crippen LogP contribution in [0.4, 0.5) is 13.2 Å². The number of hydrogen-bond acceptors (Lipinski definition) is 5. The standard InChI is InChI=1S/C35H42F3NO3S/c1-9-23(4)32(14-13-25(6)35(36,37)38)24(5)12-15-33(39)34(40)29-18-28(27(8)43-26(7)17-22(2)3)19-31(20-29)42-21-30-11-10-16-41-30/h9,13-14,17-20,24,30,39H,1-2,4,8,10-12,15-16,21H2,3,5-7H3/b25-13+,26-17-,32-14+,39-33?/t24-,30-/m0/s1. The maximum absolute atomic E-state index is 13.5. The molecule has 2 atom stereocenters. The molecule has 2 rings (SSSR count). The number of alkyl halides is 3. The highest BCUT2D eigenvalue weighted by Gasteiger charge is 2.29. The second-order valence-electron chi connectivity index (χ2n) is 10.8. The molecule has 0 amide bonds. The van der Waals surface area contributed by atoms with Crippen molar-refractivity contribution in [2.45, 2.75) is 65.7 Å². The van der Waals surface area contributed by atoms with Gasteiger partial charge in [0.25, 0.3) is 0 Å². The van der Waals surface area contributed by atoms with E-state index in [2.05, 4.69) is 26.3 Å². The maximum atomic E-state index is 13.5. The van der Waals surface area contributed by atoms with Crippen LogP contribution < -0.4 is 4.74 Å². The van der Waals surface area contributed by atoms with Crippen LogP contribution in [-0.4, -0.2) is 37.0 Å². The van der Waals surface area contributed by atoms with Gasteiger partial charge in [0.1, 0.15) is 12.4 Å². The SMILES string of the molecule is C=CC(=C)/C(=C\C=C(/C)C(F)(F)F)[C@@H](C)CCC(=N)C(=O)c1cc(OC[C@@H]2CCCO2)cc(C(=C)S/C(C)=C\C(=C)C)c1. The van der Waals surface area contributed by atoms with E-state index in [-0.39, 0.29) is 24.2 Å². The van der Waals surface area contributed by atoms with Gasteiger partial charge in [0.15, 0.2) is 0 Å². The Labute approximate surface area is 258 Å². The van der Waals surface area contributed by atoms with Crippen LogP contribution in [0.15, 0.2) is 96.0 Å². The molecule has 0 bridgehead atoms. The number of carbonyl (C=O) groups excluding carboxylic acids is 1. The first kappa shape index (κ1) is 35.8. The van der Waals surface area contributed by atoms with Crippen molar-refractivity contribution in [3.05, 3.63) is 107 Å². The van der Waals surface area contributed by atoms with E-state index in [1.807, 2.05) is 32.9 Å². The van der Waals surface area contributed by atoms with Crippen LogP contribution in [0.25, 0.3) is 4.91 Å². The van der Waals surface area contributed by atoms with Crippen LogP contribution in [0.1, 0.15) is 69.3 Å². The third-order valence-electron chi connectivity index (χ3n) is 6.89. The maximum Gasteiger partial charge on any atom is 0.412 e. The van der Waals surface area contributed by atoms with Crippen LogP contribution in [-0.2, 0) is 4.74 Å². The smallest absolute Gasteiger partial charge is 0.412 e. The van der Waals surface area contributed by atoms with E-state index in [1.165, 1.54) is 23.9 Å². The molecule has 0 aromatic heterocycles. The summed E-state index contributed by atoms with van der Waals surface area (Å²) in [5.74, 6) is -0.240. The van der Waals surface area contributed by atoms with Gasteiger partial charge in [0, 0.05) is 22.6 Å². The Bertz CT molecular complexity index is 1340. The Kier molecular flexibility index (Phi) is 13.7. The van der Waals surface area contributed by atoms with Crippen molar-refractivity contribution in [3.63, 3.8) is 0 Å². The summed E-state index contributed by atoms with van der Waals surface area (Å²) in [6, 6.07) is 5.16. The van der Waals surface area contributed by atoms with E-state index in [0.717, 1.165) is 36.3 Å². The number of rotatable bonds is 16. The third kappa shape index (κ3) is 11.7. The molecule has 232 valence electrons. The van der Waals surface area contributed by atoms with Gasteiger partial charge >= 0.3 is 6.18 Å². The van der Waals surface area contributed by atoms with Gasteiger partial charge in [-0.15, -0.1) is 0 Å². The van der Waals surface area contributed by atoms with E-state index in [1.54, 1.807) is 12.1 Å². The van der Waals surface area contributed by atoms with Crippen molar-refractivity contribution >= 4 is 28.2 Å². The van der Waals surface area contributed by atoms with Crippen LogP contribution in [0.3, 0.4) is 0 Å². The Morgan fingerprint density at radius 3 is 2.42 bits per heavy atom. The van der Waals surface area contributed by atoms with Gasteiger partial charge in [-0.1, -0.05) is 74.9 Å². The number of ether oxygens (including phenoxy) is 2. The van der Waals surface area contributed by atoms with Crippen molar-refractivity contribution in [2.75, 3.05) is 13.2 Å². The molecule has 8 heteroatoms. The van der Waals surface area contributed by atoms with E-state index >= 15 is 0 Å². The first-order valence-corrected chi connectivity index (χ1v) is 14.9. The minimum Gasteiger partial charge on any atom is -0.491 e. The highest BCUT2D eigenvalue weighted by Crippen LogP contribution is 2.35. The molecule has 1 aromatic carbocycles. The number of allylic oxidation sites excluding steroid dienone is 9. The number of benzene rings is 1. The Morgan fingerprint density at radius 1 is 1.16 bits per heavy atom. The summed E-state index contributed by atoms with van der Waals surface area (Å²) in [7, 11) is 0. The minimum atomic E-state index is -4.43. The summed E-state index contributed by atoms with van der Waals surface area (Å²) >= 11 is 1.46. The van der Waals surface area contributed by atoms with Crippen molar-refractivity contribution in [2.24, 2.45) is 5.92 Å². The first-order valence-electron chi connectivity index (χ1n) is 14.1. The molecule has 0 aliphatic carbocycles. The molecule has 0 radical (unpaired) electrons. The van der Waals surface area contributed by atoms with Crippen molar-refractivity contribution in [3.8, 4) is 5.75 Å². The summed E-state index contributed by atoms with van der Waals surface area (Å²) in [5, 5.41) is 8.57. The lowest BCUT2D eigenvalue weighted by Gasteiger charge is -2.17. The van der Waals surface area contributed by atoms with Gasteiger partial charge in [0.2, 0.25) is 5.78 Å². The molecule has 1 fully saturated rings. The number of halogens is 3. The molecule has 1 saturated heterocycles. The summed E-state index contributed by atoms with van der Waals surface area (Å²) in [4.78, 5) is 15.2. The predicted molar refractivity (Wildman–Crippen MR) is 174 cm³/mol. The van der Waals surface area contributed by atoms with Gasteiger partial charge in [-0.05, 0) is 92.2 Å². The van der Waals surface area contributed by atoms with E-state index in [0.29, 0.717) is 52.6 Å². The van der Waals surface area contributed by atoms with Gasteiger partial charge in [0.05, 0.1) is 11.8 Å². The molecule has 0 spiro atoms. The number of nitrogens with one attached hydrogen (secondary N) is 1. The number of ketones is 1. The van der Waals surface area contributed by atoms with Crippen molar-refractivity contribution < 1.29 is 27.4 Å². The first-order chi connectivity index (χ1) is 20.1. The third-order valence-corrected chi connectivity index (χ3v) is 7.82. The second-order valence-corrected chi connectivity index (χ2v) is 12.1. The fraction of sp³-hybridized carbons (Fsp3) is 0.371. The van der Waals surface area contributed by atoms with E-state index in [9.17, 15) is 18.0 Å². The molecule has 1 heterocycles. The second kappa shape index (κ2) is 16.5. The zero-order chi connectivity index (χ0) is 32.3. The van der Waals surface area contributed by atoms with Gasteiger partial charge in [-0.2, -0.15) is 13.2 Å². The summed E-state index contributed by atoms with van der Waals surface area (Å²) in [6.45, 7) is 23.4. The van der Waals surface area contributed by atoms with Crippen LogP contribution in [0, 0.1) is 11.3 Å². The lowest BCUT2D eigenvalue weighted by molar-refractivity contribution is -0.0913. The fourth-order valence-corrected chi connectivity index (χ4v) is 5.27. The zero-order valence-electron chi connectivity index (χ0n) is 25.5. The number of thioether (sulfide) groups is 1. The predicted octanol–water partition coefficient (Wildman–Crippen LogP) is 10.2. The Hall–Kier alpha value is -3.36. The zero-order valence-corrected chi connectivity index (χ0v) is 26.4. The highest BCUT2D eigenvalue weighted by molar-refractivity contribution is 8.11.